The average molecular weight is 489 g/mol. The molecule has 178 valence electrons. The highest BCUT2D eigenvalue weighted by Gasteiger charge is 2.55. The third kappa shape index (κ3) is 3.96. The van der Waals surface area contributed by atoms with E-state index in [1.165, 1.54) is 29.6 Å². The highest BCUT2D eigenvalue weighted by Crippen LogP contribution is 2.62. The van der Waals surface area contributed by atoms with Gasteiger partial charge < -0.3 is 13.1 Å². The van der Waals surface area contributed by atoms with Crippen molar-refractivity contribution >= 4 is 22.2 Å². The lowest BCUT2D eigenvalue weighted by molar-refractivity contribution is -0.00270. The first kappa shape index (κ1) is 23.1. The third-order valence-corrected chi connectivity index (χ3v) is 10.0. The van der Waals surface area contributed by atoms with Gasteiger partial charge in [0.25, 0.3) is 0 Å². The van der Waals surface area contributed by atoms with E-state index < -0.39 is 10.1 Å². The molecule has 0 heterocycles. The highest BCUT2D eigenvalue weighted by molar-refractivity contribution is 7.93. The van der Waals surface area contributed by atoms with Gasteiger partial charge in [-0.3, -0.25) is 0 Å². The van der Waals surface area contributed by atoms with E-state index in [0.29, 0.717) is 29.6 Å². The standard InChI is InChI=1S/C26H32O5S2/c1-26-14-13-19-20(22(26)11-12-25(26)30-32-3)10-9-17-15-24(23(29-2)16-21(17)19)31-33(27,28)18-7-5-4-6-8-18/h4-8,15-16,19-20,22,25H,9-14H2,1-3H3/t19?,20?,22?,25-,26-/m0/s1. The van der Waals surface area contributed by atoms with Crippen molar-refractivity contribution in [3.8, 4) is 11.5 Å². The van der Waals surface area contributed by atoms with Crippen LogP contribution in [0.15, 0.2) is 47.4 Å². The Morgan fingerprint density at radius 2 is 1.82 bits per heavy atom. The molecule has 0 N–H and O–H groups in total. The van der Waals surface area contributed by atoms with E-state index in [-0.39, 0.29) is 16.1 Å². The Balaban J connectivity index is 1.44. The Bertz CT molecular complexity index is 1120. The second-order valence-corrected chi connectivity index (χ2v) is 11.9. The van der Waals surface area contributed by atoms with Crippen molar-refractivity contribution < 1.29 is 21.5 Å². The maximum atomic E-state index is 12.8. The van der Waals surface area contributed by atoms with Crippen molar-refractivity contribution in [2.45, 2.75) is 62.4 Å². The molecule has 3 aliphatic rings. The topological polar surface area (TPSA) is 61.8 Å². The molecule has 0 aliphatic heterocycles. The molecule has 5 rings (SSSR count). The van der Waals surface area contributed by atoms with Crippen molar-refractivity contribution in [2.75, 3.05) is 13.4 Å². The van der Waals surface area contributed by atoms with Gasteiger partial charge >= 0.3 is 10.1 Å². The monoisotopic (exact) mass is 488 g/mol. The molecule has 0 bridgehead atoms. The zero-order valence-electron chi connectivity index (χ0n) is 19.5. The van der Waals surface area contributed by atoms with Gasteiger partial charge in [0.15, 0.2) is 11.5 Å². The molecule has 5 nitrogen and oxygen atoms in total. The van der Waals surface area contributed by atoms with Crippen molar-refractivity contribution in [3.63, 3.8) is 0 Å². The van der Waals surface area contributed by atoms with Crippen LogP contribution in [0.3, 0.4) is 0 Å². The van der Waals surface area contributed by atoms with Gasteiger partial charge in [0.05, 0.1) is 13.2 Å². The van der Waals surface area contributed by atoms with Crippen LogP contribution in [0.1, 0.15) is 56.1 Å². The first-order chi connectivity index (χ1) is 15.9. The fraction of sp³-hybridized carbons (Fsp3) is 0.538. The van der Waals surface area contributed by atoms with E-state index in [4.69, 9.17) is 13.1 Å². The molecule has 3 aliphatic carbocycles. The van der Waals surface area contributed by atoms with Crippen LogP contribution in [0.25, 0.3) is 0 Å². The SMILES string of the molecule is COc1cc2c(cc1OS(=O)(=O)c1ccccc1)CCC1C2CC[C@@]2(C)C1CC[C@@H]2OSC. The van der Waals surface area contributed by atoms with Crippen LogP contribution in [-0.4, -0.2) is 27.9 Å². The molecule has 2 aromatic carbocycles. The largest absolute Gasteiger partial charge is 0.493 e. The van der Waals surface area contributed by atoms with Gasteiger partial charge in [-0.15, -0.1) is 0 Å². The van der Waals surface area contributed by atoms with E-state index >= 15 is 0 Å². The quantitative estimate of drug-likeness (QED) is 0.368. The first-order valence-electron chi connectivity index (χ1n) is 11.8. The molecule has 7 heteroatoms. The van der Waals surface area contributed by atoms with Crippen LogP contribution in [0, 0.1) is 17.3 Å². The number of aryl methyl sites for hydroxylation is 1. The molecule has 0 amide bonds. The Labute approximate surface area is 201 Å². The third-order valence-electron chi connectivity index (χ3n) is 8.37. The fourth-order valence-electron chi connectivity index (χ4n) is 6.78. The Kier molecular flexibility index (Phi) is 6.17. The molecule has 2 saturated carbocycles. The molecule has 0 spiro atoms. The molecule has 3 unspecified atom stereocenters. The van der Waals surface area contributed by atoms with Crippen LogP contribution in [0.2, 0.25) is 0 Å². The molecule has 33 heavy (non-hydrogen) atoms. The zero-order valence-corrected chi connectivity index (χ0v) is 21.1. The first-order valence-corrected chi connectivity index (χ1v) is 14.3. The van der Waals surface area contributed by atoms with E-state index in [0.717, 1.165) is 32.1 Å². The van der Waals surface area contributed by atoms with E-state index in [1.54, 1.807) is 37.4 Å². The summed E-state index contributed by atoms with van der Waals surface area (Å²) >= 11 is 1.50. The highest BCUT2D eigenvalue weighted by atomic mass is 32.2. The van der Waals surface area contributed by atoms with Crippen molar-refractivity contribution in [2.24, 2.45) is 17.3 Å². The van der Waals surface area contributed by atoms with Gasteiger partial charge in [-0.2, -0.15) is 8.42 Å². The van der Waals surface area contributed by atoms with Gasteiger partial charge in [0.2, 0.25) is 0 Å². The van der Waals surface area contributed by atoms with Gasteiger partial charge in [0.1, 0.15) is 4.90 Å². The molecule has 0 aromatic heterocycles. The second-order valence-electron chi connectivity index (χ2n) is 9.84. The normalized spacial score (nSPS) is 30.8. The summed E-state index contributed by atoms with van der Waals surface area (Å²) in [5, 5.41) is 0. The molecular formula is C26H32O5S2. The number of rotatable bonds is 6. The summed E-state index contributed by atoms with van der Waals surface area (Å²) in [6, 6.07) is 12.2. The van der Waals surface area contributed by atoms with Gasteiger partial charge in [-0.05, 0) is 109 Å². The summed E-state index contributed by atoms with van der Waals surface area (Å²) in [5.41, 5.74) is 2.75. The lowest BCUT2D eigenvalue weighted by Crippen LogP contribution is -2.44. The van der Waals surface area contributed by atoms with E-state index in [2.05, 4.69) is 6.92 Å². The summed E-state index contributed by atoms with van der Waals surface area (Å²) in [4.78, 5) is 0.139. The Morgan fingerprint density at radius 1 is 1.03 bits per heavy atom. The summed E-state index contributed by atoms with van der Waals surface area (Å²) in [5.74, 6) is 2.54. The van der Waals surface area contributed by atoms with Crippen LogP contribution in [0.5, 0.6) is 11.5 Å². The molecule has 0 saturated heterocycles. The molecule has 5 atom stereocenters. The van der Waals surface area contributed by atoms with Crippen molar-refractivity contribution in [3.05, 3.63) is 53.6 Å². The minimum Gasteiger partial charge on any atom is -0.493 e. The van der Waals surface area contributed by atoms with Gasteiger partial charge in [-0.25, -0.2) is 0 Å². The summed E-state index contributed by atoms with van der Waals surface area (Å²) in [6.07, 6.45) is 9.08. The predicted molar refractivity (Wildman–Crippen MR) is 130 cm³/mol. The summed E-state index contributed by atoms with van der Waals surface area (Å²) < 4.78 is 42.9. The van der Waals surface area contributed by atoms with Gasteiger partial charge in [-0.1, -0.05) is 25.1 Å². The number of benzene rings is 2. The second kappa shape index (κ2) is 8.82. The molecule has 0 radical (unpaired) electrons. The van der Waals surface area contributed by atoms with Crippen LogP contribution in [-0.2, 0) is 20.7 Å². The smallest absolute Gasteiger partial charge is 0.339 e. The Morgan fingerprint density at radius 3 is 2.55 bits per heavy atom. The summed E-state index contributed by atoms with van der Waals surface area (Å²) in [6.45, 7) is 2.43. The maximum Gasteiger partial charge on any atom is 0.339 e. The number of ether oxygens (including phenoxy) is 1. The van der Waals surface area contributed by atoms with E-state index in [1.807, 2.05) is 18.4 Å². The zero-order chi connectivity index (χ0) is 23.2. The Hall–Kier alpha value is -1.70. The minimum absolute atomic E-state index is 0.139. The predicted octanol–water partition coefficient (Wildman–Crippen LogP) is 5.98. The van der Waals surface area contributed by atoms with Crippen molar-refractivity contribution in [1.82, 2.24) is 0 Å². The molecular weight excluding hydrogens is 456 g/mol. The fourth-order valence-corrected chi connectivity index (χ4v) is 8.28. The number of hydrogen-bond acceptors (Lipinski definition) is 6. The van der Waals surface area contributed by atoms with Crippen LogP contribution in [0.4, 0.5) is 0 Å². The van der Waals surface area contributed by atoms with Crippen molar-refractivity contribution in [1.29, 1.82) is 0 Å². The molecule has 2 fully saturated rings. The number of fused-ring (bicyclic) bond motifs is 5. The van der Waals surface area contributed by atoms with Gasteiger partial charge in [0, 0.05) is 6.26 Å². The lowest BCUT2D eigenvalue weighted by Gasteiger charge is -2.50. The molecule has 2 aromatic rings. The minimum atomic E-state index is -3.92. The lowest BCUT2D eigenvalue weighted by atomic mass is 9.55. The number of hydrogen-bond donors (Lipinski definition) is 0. The van der Waals surface area contributed by atoms with E-state index in [9.17, 15) is 8.42 Å². The maximum absolute atomic E-state index is 12.8. The van der Waals surface area contributed by atoms with Crippen LogP contribution >= 0.6 is 12.0 Å². The average Bonchev–Trinajstić information content (AvgIpc) is 3.15. The summed E-state index contributed by atoms with van der Waals surface area (Å²) in [7, 11) is -2.35. The number of methoxy groups -OCH3 is 1. The van der Waals surface area contributed by atoms with Crippen LogP contribution < -0.4 is 8.92 Å².